The molecule has 0 saturated heterocycles. The van der Waals surface area contributed by atoms with Crippen molar-refractivity contribution in [2.45, 2.75) is 25.9 Å². The Bertz CT molecular complexity index is 960. The Balaban J connectivity index is 1.80. The van der Waals surface area contributed by atoms with Gasteiger partial charge in [-0.3, -0.25) is 4.68 Å². The van der Waals surface area contributed by atoms with Gasteiger partial charge < -0.3 is 15.7 Å². The second kappa shape index (κ2) is 8.86. The summed E-state index contributed by atoms with van der Waals surface area (Å²) in [5, 5.41) is 19.1. The van der Waals surface area contributed by atoms with Crippen LogP contribution in [0.5, 0.6) is 0 Å². The fourth-order valence-corrected chi connectivity index (χ4v) is 2.66. The molecule has 7 nitrogen and oxygen atoms in total. The number of rotatable bonds is 8. The molecule has 2 aromatic heterocycles. The van der Waals surface area contributed by atoms with Crippen molar-refractivity contribution in [2.24, 2.45) is 0 Å². The molecule has 0 bridgehead atoms. The highest BCUT2D eigenvalue weighted by molar-refractivity contribution is 5.55. The Morgan fingerprint density at radius 3 is 2.55 bits per heavy atom. The lowest BCUT2D eigenvalue weighted by Gasteiger charge is -2.20. The average Bonchev–Trinajstić information content (AvgIpc) is 3.09. The van der Waals surface area contributed by atoms with Crippen molar-refractivity contribution in [1.82, 2.24) is 19.7 Å². The summed E-state index contributed by atoms with van der Waals surface area (Å²) in [5.74, 6) is -1.24. The fraction of sp³-hybridized carbons (Fsp3) is 0.278. The number of alkyl halides is 2. The largest absolute Gasteiger partial charge is 0.394 e. The summed E-state index contributed by atoms with van der Waals surface area (Å²) < 4.78 is 54.0. The number of hydrogen-bond acceptors (Lipinski definition) is 6. The predicted molar refractivity (Wildman–Crippen MR) is 98.1 cm³/mol. The van der Waals surface area contributed by atoms with E-state index in [4.69, 9.17) is 0 Å². The number of anilines is 3. The van der Waals surface area contributed by atoms with Crippen LogP contribution in [0.2, 0.25) is 0 Å². The van der Waals surface area contributed by atoms with Gasteiger partial charge in [-0.2, -0.15) is 10.1 Å². The topological polar surface area (TPSA) is 87.9 Å². The number of nitrogens with one attached hydrogen (secondary N) is 2. The minimum atomic E-state index is -2.54. The van der Waals surface area contributed by atoms with E-state index < -0.39 is 37.3 Å². The molecule has 0 saturated carbocycles. The second-order valence-corrected chi connectivity index (χ2v) is 6.21. The highest BCUT2D eigenvalue weighted by Crippen LogP contribution is 2.26. The van der Waals surface area contributed by atoms with Crippen LogP contribution in [0.15, 0.2) is 36.8 Å². The molecule has 29 heavy (non-hydrogen) atoms. The Hall–Kier alpha value is -3.21. The van der Waals surface area contributed by atoms with Gasteiger partial charge >= 0.3 is 0 Å². The highest BCUT2D eigenvalue weighted by atomic mass is 19.3. The minimum Gasteiger partial charge on any atom is -0.394 e. The van der Waals surface area contributed by atoms with Gasteiger partial charge in [-0.25, -0.2) is 22.5 Å². The molecule has 0 amide bonds. The molecular formula is C18H18F4N6O. The number of hydrogen-bond donors (Lipinski definition) is 3. The first-order valence-electron chi connectivity index (χ1n) is 8.60. The van der Waals surface area contributed by atoms with Gasteiger partial charge in [0.05, 0.1) is 24.5 Å². The van der Waals surface area contributed by atoms with E-state index in [9.17, 15) is 22.7 Å². The van der Waals surface area contributed by atoms with Crippen LogP contribution in [0.1, 0.15) is 17.2 Å². The normalized spacial score (nSPS) is 12.2. The minimum absolute atomic E-state index is 0.111. The van der Waals surface area contributed by atoms with E-state index in [1.807, 2.05) is 0 Å². The third kappa shape index (κ3) is 4.99. The average molecular weight is 410 g/mol. The second-order valence-electron chi connectivity index (χ2n) is 6.21. The summed E-state index contributed by atoms with van der Waals surface area (Å²) >= 11 is 0. The fourth-order valence-electron chi connectivity index (χ4n) is 2.66. The monoisotopic (exact) mass is 410 g/mol. The van der Waals surface area contributed by atoms with Gasteiger partial charge in [0, 0.05) is 23.5 Å². The summed E-state index contributed by atoms with van der Waals surface area (Å²) in [5.41, 5.74) is 0.647. The Kier molecular flexibility index (Phi) is 6.27. The van der Waals surface area contributed by atoms with Gasteiger partial charge in [0.2, 0.25) is 5.95 Å². The van der Waals surface area contributed by atoms with Crippen molar-refractivity contribution in [3.05, 3.63) is 59.6 Å². The lowest BCUT2D eigenvalue weighted by molar-refractivity contribution is 0.122. The van der Waals surface area contributed by atoms with E-state index in [0.717, 1.165) is 16.8 Å². The van der Waals surface area contributed by atoms with E-state index in [2.05, 4.69) is 25.7 Å². The molecular weight excluding hydrogens is 392 g/mol. The van der Waals surface area contributed by atoms with Gasteiger partial charge in [-0.15, -0.1) is 0 Å². The Morgan fingerprint density at radius 1 is 1.17 bits per heavy atom. The van der Waals surface area contributed by atoms with Crippen molar-refractivity contribution in [3.8, 4) is 0 Å². The zero-order valence-corrected chi connectivity index (χ0v) is 15.3. The number of aliphatic hydroxyl groups excluding tert-OH is 1. The Labute approximate surface area is 163 Å². The first kappa shape index (κ1) is 20.5. The van der Waals surface area contributed by atoms with Gasteiger partial charge in [0.15, 0.2) is 0 Å². The van der Waals surface area contributed by atoms with E-state index in [-0.39, 0.29) is 17.3 Å². The number of nitrogens with zero attached hydrogens (tertiary/aromatic N) is 4. The molecule has 1 aromatic carbocycles. The van der Waals surface area contributed by atoms with E-state index in [1.165, 1.54) is 24.7 Å². The molecule has 0 aliphatic heterocycles. The van der Waals surface area contributed by atoms with Crippen LogP contribution < -0.4 is 10.6 Å². The maximum Gasteiger partial charge on any atom is 0.257 e. The van der Waals surface area contributed by atoms with Crippen LogP contribution in [0.25, 0.3) is 0 Å². The lowest BCUT2D eigenvalue weighted by atomic mass is 10.1. The van der Waals surface area contributed by atoms with Crippen molar-refractivity contribution in [3.63, 3.8) is 0 Å². The van der Waals surface area contributed by atoms with Gasteiger partial charge in [-0.1, -0.05) is 6.07 Å². The predicted octanol–water partition coefficient (Wildman–Crippen LogP) is 3.41. The number of aryl methyl sites for hydroxylation is 1. The molecule has 0 radical (unpaired) electrons. The lowest BCUT2D eigenvalue weighted by Crippen LogP contribution is -2.19. The molecule has 0 aliphatic carbocycles. The van der Waals surface area contributed by atoms with Crippen LogP contribution >= 0.6 is 0 Å². The molecule has 0 aliphatic rings. The third-order valence-corrected chi connectivity index (χ3v) is 4.03. The van der Waals surface area contributed by atoms with Crippen molar-refractivity contribution in [1.29, 1.82) is 0 Å². The number of benzene rings is 1. The smallest absolute Gasteiger partial charge is 0.257 e. The highest BCUT2D eigenvalue weighted by Gasteiger charge is 2.21. The van der Waals surface area contributed by atoms with Crippen LogP contribution in [0, 0.1) is 18.6 Å². The first-order valence-corrected chi connectivity index (χ1v) is 8.60. The third-order valence-electron chi connectivity index (χ3n) is 4.03. The molecule has 154 valence electrons. The molecule has 1 unspecified atom stereocenters. The summed E-state index contributed by atoms with van der Waals surface area (Å²) in [4.78, 5) is 8.32. The van der Waals surface area contributed by atoms with E-state index in [0.29, 0.717) is 11.3 Å². The maximum atomic E-state index is 14.1. The van der Waals surface area contributed by atoms with Crippen LogP contribution in [0.3, 0.4) is 0 Å². The van der Waals surface area contributed by atoms with Crippen molar-refractivity contribution < 1.29 is 22.7 Å². The Morgan fingerprint density at radius 2 is 1.90 bits per heavy atom. The standard InChI is InChI=1S/C18H18F4N6O/c1-10-5-23-18(25-11-6-24-28(7-11)8-15(21)22)27-17(10)26-14(9-29)16-12(19)3-2-4-13(16)20/h2-7,14-15,29H,8-9H2,1H3,(H2,23,25,26,27). The van der Waals surface area contributed by atoms with Crippen LogP contribution in [-0.4, -0.2) is 37.9 Å². The molecule has 11 heteroatoms. The molecule has 3 aromatic rings. The van der Waals surface area contributed by atoms with Crippen LogP contribution in [-0.2, 0) is 6.54 Å². The molecule has 0 spiro atoms. The van der Waals surface area contributed by atoms with Gasteiger partial charge in [0.25, 0.3) is 6.43 Å². The van der Waals surface area contributed by atoms with Gasteiger partial charge in [0.1, 0.15) is 24.0 Å². The summed E-state index contributed by atoms with van der Waals surface area (Å²) in [6, 6.07) is 2.35. The summed E-state index contributed by atoms with van der Waals surface area (Å²) in [6.45, 7) is 0.555. The van der Waals surface area contributed by atoms with E-state index in [1.54, 1.807) is 6.92 Å². The van der Waals surface area contributed by atoms with E-state index >= 15 is 0 Å². The molecule has 3 rings (SSSR count). The number of aliphatic hydroxyl groups is 1. The zero-order valence-electron chi connectivity index (χ0n) is 15.3. The zero-order chi connectivity index (χ0) is 21.0. The summed E-state index contributed by atoms with van der Waals surface area (Å²) in [6.07, 6.45) is 1.63. The first-order chi connectivity index (χ1) is 13.9. The van der Waals surface area contributed by atoms with Crippen LogP contribution in [0.4, 0.5) is 35.0 Å². The molecule has 0 fully saturated rings. The van der Waals surface area contributed by atoms with Crippen molar-refractivity contribution >= 4 is 17.5 Å². The molecule has 3 N–H and O–H groups in total. The van der Waals surface area contributed by atoms with Gasteiger partial charge in [-0.05, 0) is 19.1 Å². The quantitative estimate of drug-likeness (QED) is 0.494. The summed E-state index contributed by atoms with van der Waals surface area (Å²) in [7, 11) is 0. The maximum absolute atomic E-state index is 14.1. The molecule has 1 atom stereocenters. The SMILES string of the molecule is Cc1cnc(Nc2cnn(CC(F)F)c2)nc1NC(CO)c1c(F)cccc1F. The van der Waals surface area contributed by atoms with Crippen molar-refractivity contribution in [2.75, 3.05) is 17.2 Å². The number of aromatic nitrogens is 4. The number of halogens is 4. The molecule has 2 heterocycles.